The number of aliphatic carboxylic acids is 1. The molecule has 0 fully saturated rings. The predicted molar refractivity (Wildman–Crippen MR) is 256 cm³/mol. The van der Waals surface area contributed by atoms with Gasteiger partial charge in [-0.05, 0) is 90.0 Å². The molecule has 0 saturated heterocycles. The van der Waals surface area contributed by atoms with Crippen molar-refractivity contribution in [3.63, 3.8) is 0 Å². The third kappa shape index (κ3) is 14.5. The SMILES string of the molecule is NCCCC[C@H](NC(=O)[C@H]1CC(=O)[C@@H](Cc2ccccc2)NC(=O)[C@H](Cc2ccc(-c3ccccc3)cc2)NC(=O)[C@@H](Cc2cccs2)NC(=O)[C@H](O)[C@@H](O)C(=O)Nc2ccc(cc2)C1)C(=O)O. The monoisotopic (exact) mass is 944 g/mol. The van der Waals surface area contributed by atoms with Crippen molar-refractivity contribution in [3.05, 3.63) is 148 Å². The van der Waals surface area contributed by atoms with Gasteiger partial charge >= 0.3 is 5.97 Å². The van der Waals surface area contributed by atoms with Crippen molar-refractivity contribution < 1.29 is 48.9 Å². The Morgan fingerprint density at radius 2 is 1.21 bits per heavy atom. The summed E-state index contributed by atoms with van der Waals surface area (Å²) in [5.74, 6) is -7.64. The van der Waals surface area contributed by atoms with Crippen LogP contribution in [0.25, 0.3) is 11.1 Å². The zero-order valence-corrected chi connectivity index (χ0v) is 38.0. The number of nitrogens with two attached hydrogens (primary N) is 1. The van der Waals surface area contributed by atoms with Gasteiger partial charge in [-0.1, -0.05) is 103 Å². The second-order valence-corrected chi connectivity index (χ2v) is 17.8. The minimum absolute atomic E-state index is 0.00526. The number of unbranched alkanes of at least 4 members (excludes halogenated alkanes) is 1. The van der Waals surface area contributed by atoms with Crippen LogP contribution in [0.4, 0.5) is 5.69 Å². The van der Waals surface area contributed by atoms with Crippen molar-refractivity contribution in [2.75, 3.05) is 11.9 Å². The van der Waals surface area contributed by atoms with E-state index in [1.54, 1.807) is 72.1 Å². The highest BCUT2D eigenvalue weighted by Crippen LogP contribution is 2.22. The summed E-state index contributed by atoms with van der Waals surface area (Å²) in [5.41, 5.74) is 9.46. The van der Waals surface area contributed by atoms with Crippen LogP contribution in [0.2, 0.25) is 0 Å². The lowest BCUT2D eigenvalue weighted by Gasteiger charge is -2.27. The Kier molecular flexibility index (Phi) is 18.3. The number of aliphatic hydroxyl groups is 2. The van der Waals surface area contributed by atoms with Crippen LogP contribution < -0.4 is 32.3 Å². The molecule has 16 nitrogen and oxygen atoms in total. The third-order valence-electron chi connectivity index (χ3n) is 11.7. The number of ketones is 1. The van der Waals surface area contributed by atoms with Crippen molar-refractivity contribution in [2.24, 2.45) is 11.7 Å². The summed E-state index contributed by atoms with van der Waals surface area (Å²) in [7, 11) is 0. The number of benzene rings is 4. The summed E-state index contributed by atoms with van der Waals surface area (Å²) in [6.45, 7) is 0.331. The van der Waals surface area contributed by atoms with Gasteiger partial charge in [0.15, 0.2) is 18.0 Å². The van der Waals surface area contributed by atoms with Crippen LogP contribution in [0.1, 0.15) is 47.3 Å². The molecule has 5 amide bonds. The Labute approximate surface area is 397 Å². The van der Waals surface area contributed by atoms with Gasteiger partial charge in [-0.25, -0.2) is 4.79 Å². The van der Waals surface area contributed by atoms with Crippen LogP contribution in [-0.2, 0) is 59.2 Å². The standard InChI is InChI=1S/C51H56N6O10S/c52-24-8-7-15-39(51(66)67)54-46(61)36-26-32-18-22-37(23-19-32)53-49(64)44(59)45(60)50(65)57-42(30-38-14-9-25-68-38)48(63)56-41(28-33-16-20-35(21-17-33)34-12-5-2-6-13-34)47(62)55-40(43(58)29-36)27-31-10-3-1-4-11-31/h1-6,9-14,16-23,25,36,39-42,44-45,59-60H,7-8,15,24,26-30,52H2,(H,53,64)(H,54,61)(H,55,62)(H,56,63)(H,57,65)(H,66,67)/t36-,39+,40-,41+,42-,44-,45-/m1/s1. The summed E-state index contributed by atoms with van der Waals surface area (Å²) >= 11 is 1.29. The number of aliphatic hydroxyl groups excluding tert-OH is 2. The first-order chi connectivity index (χ1) is 32.8. The lowest BCUT2D eigenvalue weighted by Crippen LogP contribution is -2.59. The number of fused-ring (bicyclic) bond motifs is 18. The number of carbonyl (C=O) groups is 7. The molecule has 0 radical (unpaired) electrons. The van der Waals surface area contributed by atoms with E-state index < -0.39 is 90.0 Å². The molecule has 5 aromatic rings. The van der Waals surface area contributed by atoms with Crippen LogP contribution in [-0.4, -0.2) is 99.5 Å². The van der Waals surface area contributed by atoms with E-state index in [-0.39, 0.29) is 37.8 Å². The molecule has 356 valence electrons. The number of nitrogens with one attached hydrogen (secondary N) is 5. The van der Waals surface area contributed by atoms with Crippen molar-refractivity contribution in [3.8, 4) is 11.1 Å². The van der Waals surface area contributed by atoms with Crippen molar-refractivity contribution in [1.29, 1.82) is 0 Å². The maximum atomic E-state index is 14.7. The van der Waals surface area contributed by atoms with E-state index in [4.69, 9.17) is 5.73 Å². The normalized spacial score (nSPS) is 21.3. The lowest BCUT2D eigenvalue weighted by molar-refractivity contribution is -0.144. The summed E-state index contributed by atoms with van der Waals surface area (Å²) in [4.78, 5) is 97.6. The number of carboxylic acids is 1. The van der Waals surface area contributed by atoms with Crippen molar-refractivity contribution >= 4 is 58.3 Å². The summed E-state index contributed by atoms with van der Waals surface area (Å²) in [6.07, 6.45) is -4.23. The first-order valence-corrected chi connectivity index (χ1v) is 23.3. The number of hydrogen-bond donors (Lipinski definition) is 9. The molecule has 2 aliphatic heterocycles. The van der Waals surface area contributed by atoms with E-state index in [1.807, 2.05) is 42.5 Å². The van der Waals surface area contributed by atoms with E-state index in [9.17, 15) is 48.9 Å². The van der Waals surface area contributed by atoms with Gasteiger partial charge in [-0.2, -0.15) is 0 Å². The molecule has 1 aromatic heterocycles. The summed E-state index contributed by atoms with van der Waals surface area (Å²) < 4.78 is 0. The second-order valence-electron chi connectivity index (χ2n) is 16.8. The largest absolute Gasteiger partial charge is 0.480 e. The number of carbonyl (C=O) groups excluding carboxylic acids is 6. The third-order valence-corrected chi connectivity index (χ3v) is 12.6. The fourth-order valence-electron chi connectivity index (χ4n) is 7.84. The second kappa shape index (κ2) is 24.6. The zero-order valence-electron chi connectivity index (χ0n) is 37.2. The minimum Gasteiger partial charge on any atom is -0.480 e. The first-order valence-electron chi connectivity index (χ1n) is 22.4. The molecule has 0 spiro atoms. The molecule has 0 saturated carbocycles. The predicted octanol–water partition coefficient (Wildman–Crippen LogP) is 3.09. The van der Waals surface area contributed by atoms with Gasteiger partial charge in [-0.15, -0.1) is 11.3 Å². The molecule has 10 N–H and O–H groups in total. The summed E-state index contributed by atoms with van der Waals surface area (Å²) in [5, 5.41) is 46.7. The molecule has 7 atom stereocenters. The molecular formula is C51H56N6O10S. The van der Waals surface area contributed by atoms with Gasteiger partial charge < -0.3 is 47.6 Å². The molecule has 0 aliphatic carbocycles. The Hall–Kier alpha value is -7.05. The molecule has 2 aliphatic rings. The smallest absolute Gasteiger partial charge is 0.326 e. The van der Waals surface area contributed by atoms with Crippen LogP contribution in [0.3, 0.4) is 0 Å². The average Bonchev–Trinajstić information content (AvgIpc) is 3.86. The van der Waals surface area contributed by atoms with Gasteiger partial charge in [0.1, 0.15) is 18.1 Å². The van der Waals surface area contributed by atoms with E-state index in [1.165, 1.54) is 23.5 Å². The molecular weight excluding hydrogens is 889 g/mol. The van der Waals surface area contributed by atoms with E-state index in [0.29, 0.717) is 41.0 Å². The number of thiophene rings is 1. The highest BCUT2D eigenvalue weighted by Gasteiger charge is 2.36. The number of hydrogen-bond acceptors (Lipinski definition) is 11. The highest BCUT2D eigenvalue weighted by atomic mass is 32.1. The molecule has 68 heavy (non-hydrogen) atoms. The fourth-order valence-corrected chi connectivity index (χ4v) is 8.59. The Morgan fingerprint density at radius 3 is 1.84 bits per heavy atom. The molecule has 2 bridgehead atoms. The number of anilines is 1. The van der Waals surface area contributed by atoms with Gasteiger partial charge in [0, 0.05) is 35.7 Å². The van der Waals surface area contributed by atoms with Crippen LogP contribution in [0.15, 0.2) is 127 Å². The Balaban J connectivity index is 1.39. The van der Waals surface area contributed by atoms with Gasteiger partial charge in [0.2, 0.25) is 17.7 Å². The highest BCUT2D eigenvalue weighted by molar-refractivity contribution is 7.09. The number of carboxylic acid groups (broad SMARTS) is 1. The zero-order chi connectivity index (χ0) is 48.6. The average molecular weight is 945 g/mol. The Morgan fingerprint density at radius 1 is 0.632 bits per heavy atom. The molecule has 4 aromatic carbocycles. The van der Waals surface area contributed by atoms with Crippen molar-refractivity contribution in [1.82, 2.24) is 21.3 Å². The van der Waals surface area contributed by atoms with Crippen LogP contribution >= 0.6 is 11.3 Å². The fraction of sp³-hybridized carbons (Fsp3) is 0.314. The molecule has 17 heteroatoms. The van der Waals surface area contributed by atoms with Gasteiger partial charge in [0.25, 0.3) is 11.8 Å². The molecule has 7 rings (SSSR count). The van der Waals surface area contributed by atoms with Crippen LogP contribution in [0.5, 0.6) is 0 Å². The van der Waals surface area contributed by atoms with E-state index in [0.717, 1.165) is 11.1 Å². The van der Waals surface area contributed by atoms with Gasteiger partial charge in [-0.3, -0.25) is 28.8 Å². The van der Waals surface area contributed by atoms with E-state index >= 15 is 0 Å². The number of amides is 5. The maximum absolute atomic E-state index is 14.7. The first kappa shape index (κ1) is 50.4. The maximum Gasteiger partial charge on any atom is 0.326 e. The van der Waals surface area contributed by atoms with Gasteiger partial charge in [0.05, 0.1) is 6.04 Å². The van der Waals surface area contributed by atoms with Crippen molar-refractivity contribution in [2.45, 2.75) is 87.7 Å². The number of rotatable bonds is 14. The topological polar surface area (TPSA) is 266 Å². The van der Waals surface area contributed by atoms with E-state index in [2.05, 4.69) is 26.6 Å². The van der Waals surface area contributed by atoms with Crippen LogP contribution in [0, 0.1) is 5.92 Å². The lowest BCUT2D eigenvalue weighted by atomic mass is 9.89. The Bertz CT molecular complexity index is 2490. The summed E-state index contributed by atoms with van der Waals surface area (Å²) in [6, 6.07) is 30.0. The number of Topliss-reactive ketones (excluding diaryl/α,β-unsaturated/α-hetero) is 1. The molecule has 3 heterocycles. The minimum atomic E-state index is -2.32. The molecule has 0 unspecified atom stereocenters. The quantitative estimate of drug-likeness (QED) is 0.0577.